The Bertz CT molecular complexity index is 1770. The molecule has 0 spiro atoms. The van der Waals surface area contributed by atoms with Gasteiger partial charge in [-0.3, -0.25) is 9.59 Å². The van der Waals surface area contributed by atoms with Gasteiger partial charge in [-0.1, -0.05) is 11.1 Å². The summed E-state index contributed by atoms with van der Waals surface area (Å²) in [4.78, 5) is 29.9. The van der Waals surface area contributed by atoms with Crippen molar-refractivity contribution in [3.63, 3.8) is 0 Å². The maximum absolute atomic E-state index is 15.0. The van der Waals surface area contributed by atoms with Crippen molar-refractivity contribution >= 4 is 11.9 Å². The highest BCUT2D eigenvalue weighted by atomic mass is 16.6. The van der Waals surface area contributed by atoms with E-state index in [1.165, 1.54) is 44.9 Å². The summed E-state index contributed by atoms with van der Waals surface area (Å²) in [5.41, 5.74) is 6.62. The summed E-state index contributed by atoms with van der Waals surface area (Å²) >= 11 is 0. The van der Waals surface area contributed by atoms with Crippen molar-refractivity contribution in [1.82, 2.24) is 0 Å². The van der Waals surface area contributed by atoms with Gasteiger partial charge in [-0.2, -0.15) is 0 Å². The van der Waals surface area contributed by atoms with Gasteiger partial charge < -0.3 is 37.9 Å². The number of hydrogen-bond donors (Lipinski definition) is 0. The number of ether oxygens (including phenoxy) is 8. The molecular formula is C49H66O10. The highest BCUT2D eigenvalue weighted by molar-refractivity contribution is 6.05. The van der Waals surface area contributed by atoms with Gasteiger partial charge in [-0.05, 0) is 181 Å². The van der Waals surface area contributed by atoms with Gasteiger partial charge in [-0.15, -0.1) is 0 Å². The minimum atomic E-state index is -1.23. The van der Waals surface area contributed by atoms with Gasteiger partial charge in [-0.25, -0.2) is 0 Å². The Kier molecular flexibility index (Phi) is 9.01. The Hall–Kier alpha value is -1.82. The van der Waals surface area contributed by atoms with Gasteiger partial charge in [0.15, 0.2) is 5.41 Å². The standard InChI is InChI=1S/C49H66O10/c1-52-5-7-54-9-11-56-13-15-58-47(50)49(48(51)59-16-14-57-12-10-55-8-6-53-2)45-29-21-27-19-25-17-23-3-4-24-18-26-20-28-22-30(46(45)49)38-37(29)41-35(27)33(25)39-31(23)32(24)40-34(26)36(28)42(38)44(41)43(39)40/h23-33,35,37-39,41,43-46H,3-22H2,1-2H3. The van der Waals surface area contributed by atoms with Crippen LogP contribution in [0.2, 0.25) is 0 Å². The Balaban J connectivity index is 0.825. The van der Waals surface area contributed by atoms with Crippen LogP contribution in [0.25, 0.3) is 0 Å². The van der Waals surface area contributed by atoms with Crippen molar-refractivity contribution in [2.24, 2.45) is 124 Å². The summed E-state index contributed by atoms with van der Waals surface area (Å²) in [6.07, 6.45) is 11.0. The molecule has 0 aromatic heterocycles. The first-order chi connectivity index (χ1) is 29.1. The van der Waals surface area contributed by atoms with Crippen LogP contribution in [0.3, 0.4) is 0 Å². The number of methoxy groups -OCH3 is 2. The van der Waals surface area contributed by atoms with E-state index in [0.717, 1.165) is 83.4 Å². The molecule has 0 amide bonds. The van der Waals surface area contributed by atoms with Gasteiger partial charge in [0.1, 0.15) is 13.2 Å². The number of allylic oxidation sites excluding steroid dienone is 4. The van der Waals surface area contributed by atoms with Crippen LogP contribution in [0.1, 0.15) is 51.4 Å². The van der Waals surface area contributed by atoms with Crippen molar-refractivity contribution in [2.75, 3.05) is 93.5 Å². The van der Waals surface area contributed by atoms with E-state index < -0.39 is 5.41 Å². The van der Waals surface area contributed by atoms with Crippen molar-refractivity contribution < 1.29 is 47.5 Å². The predicted molar refractivity (Wildman–Crippen MR) is 212 cm³/mol. The molecule has 0 aromatic rings. The fourth-order valence-electron chi connectivity index (χ4n) is 19.9. The average Bonchev–Trinajstić information content (AvgIpc) is 3.54. The molecule has 0 radical (unpaired) electrons. The van der Waals surface area contributed by atoms with Crippen molar-refractivity contribution in [2.45, 2.75) is 51.4 Å². The Morgan fingerprint density at radius 2 is 0.966 bits per heavy atom. The molecule has 0 N–H and O–H groups in total. The van der Waals surface area contributed by atoms with Crippen LogP contribution >= 0.6 is 0 Å². The molecule has 59 heavy (non-hydrogen) atoms. The van der Waals surface area contributed by atoms with Gasteiger partial charge >= 0.3 is 11.9 Å². The zero-order valence-corrected chi connectivity index (χ0v) is 35.3. The van der Waals surface area contributed by atoms with Gasteiger partial charge in [0.05, 0.1) is 66.1 Å². The molecule has 0 bridgehead atoms. The Labute approximate surface area is 349 Å². The van der Waals surface area contributed by atoms with E-state index in [2.05, 4.69) is 5.57 Å². The molecule has 10 nitrogen and oxygen atoms in total. The van der Waals surface area contributed by atoms with Crippen LogP contribution < -0.4 is 0 Å². The average molecular weight is 815 g/mol. The molecule has 13 aliphatic carbocycles. The first kappa shape index (κ1) is 37.7. The third-order valence-electron chi connectivity index (χ3n) is 20.4. The van der Waals surface area contributed by atoms with Gasteiger partial charge in [0.25, 0.3) is 0 Å². The lowest BCUT2D eigenvalue weighted by molar-refractivity contribution is -0.169. The predicted octanol–water partition coefficient (Wildman–Crippen LogP) is 5.63. The zero-order valence-electron chi connectivity index (χ0n) is 35.3. The monoisotopic (exact) mass is 814 g/mol. The number of rotatable bonds is 20. The van der Waals surface area contributed by atoms with Crippen LogP contribution in [0.4, 0.5) is 0 Å². The lowest BCUT2D eigenvalue weighted by Gasteiger charge is -2.58. The summed E-state index contributed by atoms with van der Waals surface area (Å²) in [6.45, 7) is 4.69. The Morgan fingerprint density at radius 1 is 0.458 bits per heavy atom. The first-order valence-corrected chi connectivity index (χ1v) is 24.2. The minimum absolute atomic E-state index is 0.000462. The second-order valence-corrected chi connectivity index (χ2v) is 21.7. The normalized spacial score (nSPS) is 48.6. The second-order valence-electron chi connectivity index (χ2n) is 21.7. The fourth-order valence-corrected chi connectivity index (χ4v) is 19.9. The number of esters is 2. The molecule has 0 aromatic carbocycles. The number of fused-ring (bicyclic) bond motifs is 3. The maximum atomic E-state index is 15.0. The molecule has 10 fully saturated rings. The molecule has 10 heteroatoms. The summed E-state index contributed by atoms with van der Waals surface area (Å²) in [5, 5.41) is 0. The number of carbonyl (C=O) groups is 2. The van der Waals surface area contributed by atoms with Crippen molar-refractivity contribution in [3.8, 4) is 0 Å². The Morgan fingerprint density at radius 3 is 1.61 bits per heavy atom. The van der Waals surface area contributed by atoms with Gasteiger partial charge in [0.2, 0.25) is 0 Å². The molecule has 0 saturated heterocycles. The molecule has 20 unspecified atom stereocenters. The summed E-state index contributed by atoms with van der Waals surface area (Å²) in [6, 6.07) is 0. The van der Waals surface area contributed by atoms with E-state index in [-0.39, 0.29) is 50.2 Å². The van der Waals surface area contributed by atoms with Crippen LogP contribution in [0.15, 0.2) is 22.3 Å². The van der Waals surface area contributed by atoms with Crippen LogP contribution in [0.5, 0.6) is 0 Å². The van der Waals surface area contributed by atoms with E-state index in [1.807, 2.05) is 16.7 Å². The quantitative estimate of drug-likeness (QED) is 0.0873. The summed E-state index contributed by atoms with van der Waals surface area (Å²) in [7, 11) is 3.32. The smallest absolute Gasteiger partial charge is 0.324 e. The molecule has 0 aliphatic heterocycles. The van der Waals surface area contributed by atoms with E-state index in [0.29, 0.717) is 82.4 Å². The van der Waals surface area contributed by atoms with Gasteiger partial charge in [0, 0.05) is 14.2 Å². The highest BCUT2D eigenvalue weighted by Gasteiger charge is 2.88. The first-order valence-electron chi connectivity index (χ1n) is 24.2. The van der Waals surface area contributed by atoms with Crippen molar-refractivity contribution in [3.05, 3.63) is 22.3 Å². The van der Waals surface area contributed by atoms with Crippen molar-refractivity contribution in [1.29, 1.82) is 0 Å². The molecule has 13 rings (SSSR count). The van der Waals surface area contributed by atoms with Crippen LogP contribution in [0, 0.1) is 124 Å². The van der Waals surface area contributed by atoms with Crippen LogP contribution in [-0.2, 0) is 47.5 Å². The lowest BCUT2D eigenvalue weighted by atomic mass is 9.46. The van der Waals surface area contributed by atoms with E-state index >= 15 is 0 Å². The highest BCUT2D eigenvalue weighted by Crippen LogP contribution is 2.88. The molecule has 13 aliphatic rings. The number of carbonyl (C=O) groups excluding carboxylic acids is 2. The van der Waals surface area contributed by atoms with E-state index in [1.54, 1.807) is 14.2 Å². The van der Waals surface area contributed by atoms with Crippen LogP contribution in [-0.4, -0.2) is 105 Å². The molecule has 20 atom stereocenters. The lowest BCUT2D eigenvalue weighted by Crippen LogP contribution is -2.54. The van der Waals surface area contributed by atoms with E-state index in [4.69, 9.17) is 37.9 Å². The fraction of sp³-hybridized carbons (Fsp3) is 0.878. The topological polar surface area (TPSA) is 108 Å². The molecule has 0 heterocycles. The summed E-state index contributed by atoms with van der Waals surface area (Å²) < 4.78 is 45.3. The summed E-state index contributed by atoms with van der Waals surface area (Å²) in [5.74, 6) is 13.0. The minimum Gasteiger partial charge on any atom is -0.462 e. The molecule has 322 valence electrons. The largest absolute Gasteiger partial charge is 0.462 e. The molecular weight excluding hydrogens is 749 g/mol. The number of hydrogen-bond acceptors (Lipinski definition) is 10. The van der Waals surface area contributed by atoms with E-state index in [9.17, 15) is 9.59 Å². The zero-order chi connectivity index (χ0) is 39.3. The molecule has 10 saturated carbocycles. The second kappa shape index (κ2) is 14.1. The maximum Gasteiger partial charge on any atom is 0.324 e. The SMILES string of the molecule is COCCOCCOCCOC(=O)C1(C(=O)OCCOCCOCCOC)C2C3CC4CC5CC6CCC7CC8CC9CC(C%10C3C3=C4C5=C4C6C7C5C4C3C%10C9C85)C21. The third-order valence-corrected chi connectivity index (χ3v) is 20.4. The third kappa shape index (κ3) is 4.91.